The monoisotopic (exact) mass is 275 g/mol. The third-order valence-electron chi connectivity index (χ3n) is 2.88. The van der Waals surface area contributed by atoms with E-state index in [2.05, 4.69) is 9.69 Å². The molecule has 5 nitrogen and oxygen atoms in total. The fourth-order valence-electron chi connectivity index (χ4n) is 1.67. The second kappa shape index (κ2) is 4.81. The van der Waals surface area contributed by atoms with E-state index in [0.29, 0.717) is 18.3 Å². The summed E-state index contributed by atoms with van der Waals surface area (Å²) in [6.45, 7) is 2.09. The predicted octanol–water partition coefficient (Wildman–Crippen LogP) is 1.45. The van der Waals surface area contributed by atoms with Crippen LogP contribution in [-0.4, -0.2) is 30.8 Å². The Hall–Kier alpha value is -0.820. The van der Waals surface area contributed by atoms with Gasteiger partial charge in [-0.2, -0.15) is 4.37 Å². The summed E-state index contributed by atoms with van der Waals surface area (Å²) in [6.07, 6.45) is 2.31. The molecule has 0 atom stereocenters. The molecule has 0 spiro atoms. The minimum absolute atomic E-state index is 0.158. The van der Waals surface area contributed by atoms with Crippen LogP contribution in [0.2, 0.25) is 0 Å². The van der Waals surface area contributed by atoms with Gasteiger partial charge in [0.2, 0.25) is 0 Å². The van der Waals surface area contributed by atoms with Gasteiger partial charge in [0.05, 0.1) is 5.75 Å². The molecule has 1 aliphatic carbocycles. The number of nitrogens with one attached hydrogen (secondary N) is 1. The van der Waals surface area contributed by atoms with Crippen LogP contribution in [0, 0.1) is 0 Å². The molecule has 2 rings (SSSR count). The van der Waals surface area contributed by atoms with Gasteiger partial charge >= 0.3 is 0 Å². The highest BCUT2D eigenvalue weighted by Crippen LogP contribution is 2.47. The Kier molecular flexibility index (Phi) is 3.58. The Balaban J connectivity index is 1.95. The number of aromatic nitrogens is 1. The molecule has 0 bridgehead atoms. The van der Waals surface area contributed by atoms with Crippen LogP contribution in [0.1, 0.15) is 31.2 Å². The Bertz CT molecular complexity index is 492. The number of nitrogens with two attached hydrogens (primary N) is 1. The van der Waals surface area contributed by atoms with Crippen molar-refractivity contribution in [3.05, 3.63) is 5.56 Å². The van der Waals surface area contributed by atoms with Crippen LogP contribution in [0.25, 0.3) is 0 Å². The molecular weight excluding hydrogens is 258 g/mol. The number of rotatable bonds is 6. The molecule has 1 aliphatic rings. The van der Waals surface area contributed by atoms with Gasteiger partial charge in [0.25, 0.3) is 0 Å². The zero-order valence-corrected chi connectivity index (χ0v) is 11.4. The van der Waals surface area contributed by atoms with Crippen LogP contribution in [0.4, 0.5) is 10.8 Å². The summed E-state index contributed by atoms with van der Waals surface area (Å²) in [5.41, 5.74) is 6.89. The average Bonchev–Trinajstić information content (AvgIpc) is 3.04. The van der Waals surface area contributed by atoms with Crippen molar-refractivity contribution in [3.63, 3.8) is 0 Å². The second-order valence-electron chi connectivity index (χ2n) is 4.25. The smallest absolute Gasteiger partial charge is 0.151 e. The molecule has 1 heterocycles. The van der Waals surface area contributed by atoms with Crippen molar-refractivity contribution in [2.45, 2.75) is 25.7 Å². The highest BCUT2D eigenvalue weighted by Gasteiger charge is 2.30. The Morgan fingerprint density at radius 2 is 2.24 bits per heavy atom. The minimum atomic E-state index is -2.91. The Labute approximate surface area is 105 Å². The maximum Gasteiger partial charge on any atom is 0.151 e. The molecule has 1 aromatic rings. The van der Waals surface area contributed by atoms with E-state index in [1.54, 1.807) is 6.92 Å². The first kappa shape index (κ1) is 12.6. The van der Waals surface area contributed by atoms with E-state index < -0.39 is 9.84 Å². The van der Waals surface area contributed by atoms with E-state index in [-0.39, 0.29) is 11.5 Å². The Morgan fingerprint density at radius 1 is 1.53 bits per heavy atom. The van der Waals surface area contributed by atoms with Crippen LogP contribution < -0.4 is 11.1 Å². The maximum absolute atomic E-state index is 11.3. The molecule has 1 fully saturated rings. The van der Waals surface area contributed by atoms with Crippen LogP contribution in [0.3, 0.4) is 0 Å². The standard InChI is InChI=1S/C10H17N3O2S2/c1-2-17(14,15)6-5-12-10-8(7-3-4-7)9(11)13-16-10/h7,12H,2-6H2,1H3,(H2,11,13). The molecule has 0 unspecified atom stereocenters. The van der Waals surface area contributed by atoms with Crippen LogP contribution in [0.15, 0.2) is 0 Å². The van der Waals surface area contributed by atoms with Crippen molar-refractivity contribution in [2.24, 2.45) is 0 Å². The summed E-state index contributed by atoms with van der Waals surface area (Å²) in [7, 11) is -2.91. The van der Waals surface area contributed by atoms with Gasteiger partial charge < -0.3 is 11.1 Å². The molecule has 96 valence electrons. The molecule has 1 saturated carbocycles. The van der Waals surface area contributed by atoms with Crippen molar-refractivity contribution in [2.75, 3.05) is 29.1 Å². The van der Waals surface area contributed by atoms with Crippen molar-refractivity contribution in [3.8, 4) is 0 Å². The van der Waals surface area contributed by atoms with Crippen LogP contribution in [0.5, 0.6) is 0 Å². The number of sulfone groups is 1. The number of nitrogen functional groups attached to an aromatic ring is 1. The molecule has 1 aromatic heterocycles. The maximum atomic E-state index is 11.3. The molecule has 17 heavy (non-hydrogen) atoms. The van der Waals surface area contributed by atoms with Crippen molar-refractivity contribution in [1.29, 1.82) is 0 Å². The summed E-state index contributed by atoms with van der Waals surface area (Å²) in [6, 6.07) is 0. The van der Waals surface area contributed by atoms with Crippen molar-refractivity contribution in [1.82, 2.24) is 4.37 Å². The highest BCUT2D eigenvalue weighted by atomic mass is 32.2. The number of anilines is 2. The predicted molar refractivity (Wildman–Crippen MR) is 71.3 cm³/mol. The summed E-state index contributed by atoms with van der Waals surface area (Å²) in [4.78, 5) is 0. The highest BCUT2D eigenvalue weighted by molar-refractivity contribution is 7.91. The van der Waals surface area contributed by atoms with E-state index in [1.807, 2.05) is 0 Å². The lowest BCUT2D eigenvalue weighted by Gasteiger charge is -2.06. The lowest BCUT2D eigenvalue weighted by Crippen LogP contribution is -2.17. The van der Waals surface area contributed by atoms with Crippen molar-refractivity contribution < 1.29 is 8.42 Å². The lowest BCUT2D eigenvalue weighted by atomic mass is 10.2. The summed E-state index contributed by atoms with van der Waals surface area (Å²) in [5.74, 6) is 1.47. The molecule has 0 aliphatic heterocycles. The van der Waals surface area contributed by atoms with Crippen molar-refractivity contribution >= 4 is 32.2 Å². The van der Waals surface area contributed by atoms with Gasteiger partial charge in [-0.25, -0.2) is 8.42 Å². The molecular formula is C10H17N3O2S2. The van der Waals surface area contributed by atoms with E-state index >= 15 is 0 Å². The third-order valence-corrected chi connectivity index (χ3v) is 5.42. The summed E-state index contributed by atoms with van der Waals surface area (Å²) < 4.78 is 26.8. The van der Waals surface area contributed by atoms with Gasteiger partial charge in [0.15, 0.2) is 9.84 Å². The third kappa shape index (κ3) is 3.10. The lowest BCUT2D eigenvalue weighted by molar-refractivity contribution is 0.597. The van der Waals surface area contributed by atoms with Gasteiger partial charge in [0.1, 0.15) is 10.8 Å². The molecule has 0 amide bonds. The normalized spacial score (nSPS) is 16.1. The quantitative estimate of drug-likeness (QED) is 0.820. The van der Waals surface area contributed by atoms with Gasteiger partial charge in [-0.1, -0.05) is 6.92 Å². The largest absolute Gasteiger partial charge is 0.383 e. The summed E-state index contributed by atoms with van der Waals surface area (Å²) >= 11 is 1.32. The first-order valence-corrected chi connectivity index (χ1v) is 8.32. The van der Waals surface area contributed by atoms with Gasteiger partial charge in [-0.05, 0) is 30.3 Å². The van der Waals surface area contributed by atoms with Crippen LogP contribution >= 0.6 is 11.5 Å². The number of nitrogens with zero attached hydrogens (tertiary/aromatic N) is 1. The zero-order chi connectivity index (χ0) is 12.5. The molecule has 3 N–H and O–H groups in total. The average molecular weight is 275 g/mol. The van der Waals surface area contributed by atoms with Gasteiger partial charge in [-0.3, -0.25) is 0 Å². The van der Waals surface area contributed by atoms with Crippen LogP contribution in [-0.2, 0) is 9.84 Å². The van der Waals surface area contributed by atoms with E-state index in [0.717, 1.165) is 23.4 Å². The number of hydrogen-bond acceptors (Lipinski definition) is 6. The first-order chi connectivity index (χ1) is 8.03. The molecule has 7 heteroatoms. The Morgan fingerprint density at radius 3 is 2.82 bits per heavy atom. The first-order valence-electron chi connectivity index (χ1n) is 5.73. The van der Waals surface area contributed by atoms with Gasteiger partial charge in [0, 0.05) is 17.9 Å². The summed E-state index contributed by atoms with van der Waals surface area (Å²) in [5, 5.41) is 4.08. The molecule has 0 radical (unpaired) electrons. The fraction of sp³-hybridized carbons (Fsp3) is 0.700. The van der Waals surface area contributed by atoms with E-state index in [1.165, 1.54) is 11.5 Å². The van der Waals surface area contributed by atoms with Gasteiger partial charge in [-0.15, -0.1) is 0 Å². The molecule has 0 aromatic carbocycles. The van der Waals surface area contributed by atoms with E-state index in [9.17, 15) is 8.42 Å². The molecule has 0 saturated heterocycles. The van der Waals surface area contributed by atoms with E-state index in [4.69, 9.17) is 5.73 Å². The number of hydrogen-bond donors (Lipinski definition) is 2. The second-order valence-corrected chi connectivity index (χ2v) is 7.49. The fourth-order valence-corrected chi connectivity index (χ4v) is 3.19. The zero-order valence-electron chi connectivity index (χ0n) is 9.77. The SMILES string of the molecule is CCS(=O)(=O)CCNc1snc(N)c1C1CC1. The minimum Gasteiger partial charge on any atom is -0.383 e. The topological polar surface area (TPSA) is 85.1 Å².